The van der Waals surface area contributed by atoms with Crippen LogP contribution in [0.15, 0.2) is 65.6 Å². The molecule has 1 heterocycles. The van der Waals surface area contributed by atoms with Gasteiger partial charge in [-0.15, -0.1) is 0 Å². The molecule has 3 aromatic rings. The zero-order valence-electron chi connectivity index (χ0n) is 20.6. The first-order chi connectivity index (χ1) is 17.7. The zero-order valence-corrected chi connectivity index (χ0v) is 22.1. The second kappa shape index (κ2) is 11.2. The largest absolute Gasteiger partial charge is 0.493 e. The molecule has 1 atom stereocenters. The fourth-order valence-corrected chi connectivity index (χ4v) is 5.42. The highest BCUT2D eigenvalue weighted by Crippen LogP contribution is 2.34. The van der Waals surface area contributed by atoms with Gasteiger partial charge in [0.05, 0.1) is 30.8 Å². The number of fused-ring (bicyclic) bond motifs is 1. The SMILES string of the molecule is COc1ccc(S(=O)(=O)N(CC(=O)N[C@@H](C)c2ccc3c(c2)OCCO3)c2ccc(Cl)cc2)cc1OC. The minimum Gasteiger partial charge on any atom is -0.493 e. The Balaban J connectivity index is 1.60. The van der Waals surface area contributed by atoms with Crippen LogP contribution in [0.2, 0.25) is 5.02 Å². The van der Waals surface area contributed by atoms with E-state index < -0.39 is 28.5 Å². The molecule has 1 N–H and O–H groups in total. The standard InChI is InChI=1S/C26H27ClN2O7S/c1-17(18-4-10-23-25(14-18)36-13-12-35-23)28-26(30)16-29(20-7-5-19(27)6-8-20)37(31,32)21-9-11-22(33-2)24(15-21)34-3/h4-11,14-15,17H,12-13,16H2,1-3H3,(H,28,30)/t17-/m0/s1. The summed E-state index contributed by atoms with van der Waals surface area (Å²) in [4.78, 5) is 13.1. The summed E-state index contributed by atoms with van der Waals surface area (Å²) in [6.07, 6.45) is 0. The molecular weight excluding hydrogens is 520 g/mol. The Kier molecular flexibility index (Phi) is 7.99. The smallest absolute Gasteiger partial charge is 0.264 e. The summed E-state index contributed by atoms with van der Waals surface area (Å²) in [7, 11) is -1.30. The van der Waals surface area contributed by atoms with Gasteiger partial charge in [0, 0.05) is 11.1 Å². The van der Waals surface area contributed by atoms with Crippen LogP contribution in [0.1, 0.15) is 18.5 Å². The van der Waals surface area contributed by atoms with Gasteiger partial charge in [0.1, 0.15) is 19.8 Å². The Hall–Kier alpha value is -3.63. The van der Waals surface area contributed by atoms with Crippen LogP contribution in [0, 0.1) is 0 Å². The first-order valence-electron chi connectivity index (χ1n) is 11.4. The van der Waals surface area contributed by atoms with E-state index in [0.717, 1.165) is 9.87 Å². The second-order valence-electron chi connectivity index (χ2n) is 8.20. The third-order valence-electron chi connectivity index (χ3n) is 5.79. The number of carbonyl (C=O) groups excluding carboxylic acids is 1. The highest BCUT2D eigenvalue weighted by Gasteiger charge is 2.29. The number of ether oxygens (including phenoxy) is 4. The fraction of sp³-hybridized carbons (Fsp3) is 0.269. The lowest BCUT2D eigenvalue weighted by atomic mass is 10.1. The molecule has 37 heavy (non-hydrogen) atoms. The molecule has 3 aromatic carbocycles. The maximum absolute atomic E-state index is 13.7. The molecule has 9 nitrogen and oxygen atoms in total. The quantitative estimate of drug-likeness (QED) is 0.429. The minimum atomic E-state index is -4.17. The van der Waals surface area contributed by atoms with E-state index in [1.54, 1.807) is 31.2 Å². The zero-order chi connectivity index (χ0) is 26.6. The summed E-state index contributed by atoms with van der Waals surface area (Å²) < 4.78 is 50.1. The van der Waals surface area contributed by atoms with Crippen molar-refractivity contribution < 1.29 is 32.2 Å². The van der Waals surface area contributed by atoms with E-state index in [-0.39, 0.29) is 16.3 Å². The van der Waals surface area contributed by atoms with Crippen molar-refractivity contribution in [3.63, 3.8) is 0 Å². The summed E-state index contributed by atoms with van der Waals surface area (Å²) >= 11 is 6.02. The van der Waals surface area contributed by atoms with Crippen LogP contribution in [0.5, 0.6) is 23.0 Å². The van der Waals surface area contributed by atoms with Crippen molar-refractivity contribution in [1.29, 1.82) is 0 Å². The van der Waals surface area contributed by atoms with Crippen LogP contribution in [0.4, 0.5) is 5.69 Å². The number of rotatable bonds is 9. The molecule has 1 amide bonds. The number of nitrogens with zero attached hydrogens (tertiary/aromatic N) is 1. The molecule has 0 aliphatic carbocycles. The summed E-state index contributed by atoms with van der Waals surface area (Å²) in [6, 6.07) is 15.4. The first-order valence-corrected chi connectivity index (χ1v) is 13.2. The fourth-order valence-electron chi connectivity index (χ4n) is 3.86. The summed E-state index contributed by atoms with van der Waals surface area (Å²) in [6.45, 7) is 2.26. The average molecular weight is 547 g/mol. The van der Waals surface area contributed by atoms with Gasteiger partial charge in [0.15, 0.2) is 23.0 Å². The van der Waals surface area contributed by atoms with E-state index in [9.17, 15) is 13.2 Å². The van der Waals surface area contributed by atoms with Crippen LogP contribution in [0.25, 0.3) is 0 Å². The third kappa shape index (κ3) is 5.86. The van der Waals surface area contributed by atoms with E-state index in [1.165, 1.54) is 44.6 Å². The molecule has 0 saturated carbocycles. The van der Waals surface area contributed by atoms with Gasteiger partial charge in [0.2, 0.25) is 5.91 Å². The van der Waals surface area contributed by atoms with Crippen molar-refractivity contribution in [1.82, 2.24) is 5.32 Å². The Morgan fingerprint density at radius 1 is 0.973 bits per heavy atom. The molecule has 11 heteroatoms. The number of methoxy groups -OCH3 is 2. The number of amides is 1. The number of anilines is 1. The number of halogens is 1. The molecule has 0 spiro atoms. The van der Waals surface area contributed by atoms with Gasteiger partial charge in [-0.2, -0.15) is 0 Å². The molecule has 0 radical (unpaired) electrons. The summed E-state index contributed by atoms with van der Waals surface area (Å²) in [5.74, 6) is 1.37. The van der Waals surface area contributed by atoms with E-state index in [0.29, 0.717) is 35.5 Å². The molecule has 1 aliphatic heterocycles. The number of hydrogen-bond acceptors (Lipinski definition) is 7. The lowest BCUT2D eigenvalue weighted by Gasteiger charge is -2.26. The Bertz CT molecular complexity index is 1380. The van der Waals surface area contributed by atoms with Gasteiger partial charge in [-0.1, -0.05) is 17.7 Å². The highest BCUT2D eigenvalue weighted by molar-refractivity contribution is 7.92. The first kappa shape index (κ1) is 26.4. The molecule has 0 saturated heterocycles. The molecule has 0 aromatic heterocycles. The predicted molar refractivity (Wildman–Crippen MR) is 140 cm³/mol. The lowest BCUT2D eigenvalue weighted by Crippen LogP contribution is -2.41. The number of sulfonamides is 1. The maximum Gasteiger partial charge on any atom is 0.264 e. The minimum absolute atomic E-state index is 0.0622. The van der Waals surface area contributed by atoms with Crippen LogP contribution in [0.3, 0.4) is 0 Å². The number of benzene rings is 3. The van der Waals surface area contributed by atoms with Gasteiger partial charge in [-0.3, -0.25) is 9.10 Å². The normalized spacial score (nSPS) is 13.4. The van der Waals surface area contributed by atoms with E-state index in [1.807, 2.05) is 6.07 Å². The molecule has 0 fully saturated rings. The Morgan fingerprint density at radius 3 is 2.32 bits per heavy atom. The van der Waals surface area contributed by atoms with Crippen molar-refractivity contribution in [2.75, 3.05) is 38.3 Å². The topological polar surface area (TPSA) is 103 Å². The van der Waals surface area contributed by atoms with Crippen molar-refractivity contribution in [3.8, 4) is 23.0 Å². The Labute approximate surface area is 220 Å². The highest BCUT2D eigenvalue weighted by atomic mass is 35.5. The van der Waals surface area contributed by atoms with Gasteiger partial charge in [0.25, 0.3) is 10.0 Å². The van der Waals surface area contributed by atoms with Crippen molar-refractivity contribution in [2.45, 2.75) is 17.9 Å². The molecule has 4 rings (SSSR count). The predicted octanol–water partition coefficient (Wildman–Crippen LogP) is 4.20. The Morgan fingerprint density at radius 2 is 1.65 bits per heavy atom. The molecule has 0 unspecified atom stereocenters. The lowest BCUT2D eigenvalue weighted by molar-refractivity contribution is -0.120. The maximum atomic E-state index is 13.7. The molecule has 1 aliphatic rings. The van der Waals surface area contributed by atoms with Crippen LogP contribution in [-0.4, -0.2) is 48.3 Å². The van der Waals surface area contributed by atoms with Crippen LogP contribution >= 0.6 is 11.6 Å². The molecular formula is C26H27ClN2O7S. The number of hydrogen-bond donors (Lipinski definition) is 1. The second-order valence-corrected chi connectivity index (χ2v) is 10.5. The number of carbonyl (C=O) groups is 1. The monoisotopic (exact) mass is 546 g/mol. The van der Waals surface area contributed by atoms with Gasteiger partial charge in [-0.05, 0) is 61.0 Å². The van der Waals surface area contributed by atoms with Crippen LogP contribution < -0.4 is 28.6 Å². The van der Waals surface area contributed by atoms with Gasteiger partial charge >= 0.3 is 0 Å². The van der Waals surface area contributed by atoms with Crippen molar-refractivity contribution in [2.24, 2.45) is 0 Å². The van der Waals surface area contributed by atoms with Crippen LogP contribution in [-0.2, 0) is 14.8 Å². The summed E-state index contributed by atoms with van der Waals surface area (Å²) in [5.41, 5.74) is 1.07. The third-order valence-corrected chi connectivity index (χ3v) is 7.81. The van der Waals surface area contributed by atoms with Crippen molar-refractivity contribution >= 4 is 33.2 Å². The number of nitrogens with one attached hydrogen (secondary N) is 1. The molecule has 196 valence electrons. The van der Waals surface area contributed by atoms with E-state index in [2.05, 4.69) is 5.32 Å². The molecule has 0 bridgehead atoms. The van der Waals surface area contributed by atoms with E-state index >= 15 is 0 Å². The van der Waals surface area contributed by atoms with E-state index in [4.69, 9.17) is 30.5 Å². The average Bonchev–Trinajstić information content (AvgIpc) is 2.91. The summed E-state index contributed by atoms with van der Waals surface area (Å²) in [5, 5.41) is 3.30. The van der Waals surface area contributed by atoms with Gasteiger partial charge in [-0.25, -0.2) is 8.42 Å². The van der Waals surface area contributed by atoms with Gasteiger partial charge < -0.3 is 24.3 Å². The van der Waals surface area contributed by atoms with Crippen molar-refractivity contribution in [3.05, 3.63) is 71.2 Å².